The Labute approximate surface area is 212 Å². The second kappa shape index (κ2) is 25.1. The van der Waals surface area contributed by atoms with E-state index in [1.807, 2.05) is 0 Å². The number of hydrogen-bond donors (Lipinski definition) is 0. The summed E-state index contributed by atoms with van der Waals surface area (Å²) < 4.78 is 1.23. The number of unbranched alkanes of at least 4 members (excludes halogenated alkanes) is 21. The summed E-state index contributed by atoms with van der Waals surface area (Å²) in [6.45, 7) is 9.86. The van der Waals surface area contributed by atoms with Gasteiger partial charge in [-0.1, -0.05) is 156 Å². The van der Waals surface area contributed by atoms with E-state index in [0.717, 1.165) is 5.92 Å². The van der Waals surface area contributed by atoms with E-state index in [2.05, 4.69) is 34.9 Å². The van der Waals surface area contributed by atoms with Crippen LogP contribution < -0.4 is 0 Å². The lowest BCUT2D eigenvalue weighted by Crippen LogP contribution is -2.43. The molecule has 0 aromatic heterocycles. The van der Waals surface area contributed by atoms with E-state index in [1.54, 1.807) is 0 Å². The van der Waals surface area contributed by atoms with Crippen LogP contribution in [0.4, 0.5) is 0 Å². The molecule has 0 aliphatic carbocycles. The Bertz CT molecular complexity index is 362. The number of rotatable bonds is 27. The maximum Gasteiger partial charge on any atom is 0.0808 e. The van der Waals surface area contributed by atoms with Crippen LogP contribution in [0, 0.1) is 5.92 Å². The first-order valence-corrected chi connectivity index (χ1v) is 15.8. The second-order valence-corrected chi connectivity index (χ2v) is 12.2. The van der Waals surface area contributed by atoms with Crippen molar-refractivity contribution in [1.29, 1.82) is 0 Å². The molecule has 0 radical (unpaired) electrons. The largest absolute Gasteiger partial charge is 0.328 e. The summed E-state index contributed by atoms with van der Waals surface area (Å²) in [6, 6.07) is 0. The van der Waals surface area contributed by atoms with Crippen LogP contribution in [0.2, 0.25) is 0 Å². The van der Waals surface area contributed by atoms with Gasteiger partial charge in [0.25, 0.3) is 0 Å². The maximum absolute atomic E-state index is 2.50. The fourth-order valence-corrected chi connectivity index (χ4v) is 5.56. The van der Waals surface area contributed by atoms with Gasteiger partial charge in [-0.25, -0.2) is 0 Å². The summed E-state index contributed by atoms with van der Waals surface area (Å²) in [4.78, 5) is 0. The van der Waals surface area contributed by atoms with Crippen molar-refractivity contribution >= 4 is 0 Å². The zero-order valence-electron chi connectivity index (χ0n) is 24.4. The molecule has 0 aliphatic rings. The third kappa shape index (κ3) is 26.4. The highest BCUT2D eigenvalue weighted by Gasteiger charge is 2.18. The second-order valence-electron chi connectivity index (χ2n) is 12.2. The predicted molar refractivity (Wildman–Crippen MR) is 153 cm³/mol. The van der Waals surface area contributed by atoms with Gasteiger partial charge in [0.1, 0.15) is 0 Å². The van der Waals surface area contributed by atoms with E-state index in [1.165, 1.54) is 172 Å². The van der Waals surface area contributed by atoms with Crippen LogP contribution in [0.1, 0.15) is 175 Å². The minimum absolute atomic E-state index is 0.885. The molecular weight excluding hydrogens is 398 g/mol. The standard InChI is InChI=1S/C32H68N/c1-6-8-10-12-14-16-18-19-20-22-24-26-28-30-33(4,5)31-32(3)29-27-25-23-21-17-15-13-11-9-7-2/h32H,6-31H2,1-5H3/q+1. The molecule has 0 aromatic rings. The van der Waals surface area contributed by atoms with Gasteiger partial charge in [-0.15, -0.1) is 0 Å². The third-order valence-corrected chi connectivity index (χ3v) is 7.72. The molecule has 0 spiro atoms. The van der Waals surface area contributed by atoms with E-state index in [-0.39, 0.29) is 0 Å². The number of quaternary nitrogens is 1. The molecule has 0 amide bonds. The Morgan fingerprint density at radius 3 is 1.09 bits per heavy atom. The van der Waals surface area contributed by atoms with Gasteiger partial charge < -0.3 is 4.48 Å². The minimum atomic E-state index is 0.885. The van der Waals surface area contributed by atoms with Gasteiger partial charge in [-0.05, 0) is 19.3 Å². The summed E-state index contributed by atoms with van der Waals surface area (Å²) in [7, 11) is 4.94. The molecule has 0 aromatic carbocycles. The average molecular weight is 467 g/mol. The van der Waals surface area contributed by atoms with Crippen molar-refractivity contribution in [2.45, 2.75) is 175 Å². The van der Waals surface area contributed by atoms with Crippen LogP contribution in [-0.4, -0.2) is 31.7 Å². The summed E-state index contributed by atoms with van der Waals surface area (Å²) in [6.07, 6.45) is 34.9. The first kappa shape index (κ1) is 33.0. The molecule has 0 saturated carbocycles. The molecule has 0 rings (SSSR count). The quantitative estimate of drug-likeness (QED) is 0.0833. The zero-order chi connectivity index (χ0) is 24.5. The first-order chi connectivity index (χ1) is 16.0. The zero-order valence-corrected chi connectivity index (χ0v) is 24.4. The van der Waals surface area contributed by atoms with Crippen LogP contribution in [0.25, 0.3) is 0 Å². The fraction of sp³-hybridized carbons (Fsp3) is 1.00. The lowest BCUT2D eigenvalue weighted by molar-refractivity contribution is -0.893. The maximum atomic E-state index is 2.50. The summed E-state index contributed by atoms with van der Waals surface area (Å²) in [5.41, 5.74) is 0. The van der Waals surface area contributed by atoms with E-state index in [0.29, 0.717) is 0 Å². The Balaban J connectivity index is 3.44. The SMILES string of the molecule is CCCCCCCCCCCCCCC[N+](C)(C)CC(C)CCCCCCCCCCCC. The third-order valence-electron chi connectivity index (χ3n) is 7.72. The Morgan fingerprint density at radius 1 is 0.424 bits per heavy atom. The Kier molecular flexibility index (Phi) is 25.0. The average Bonchev–Trinajstić information content (AvgIpc) is 2.78. The van der Waals surface area contributed by atoms with Crippen molar-refractivity contribution < 1.29 is 4.48 Å². The predicted octanol–water partition coefficient (Wildman–Crippen LogP) is 11.1. The van der Waals surface area contributed by atoms with Crippen LogP contribution >= 0.6 is 0 Å². The normalized spacial score (nSPS) is 13.0. The molecular formula is C32H68N+. The van der Waals surface area contributed by atoms with Crippen molar-refractivity contribution in [2.24, 2.45) is 5.92 Å². The molecule has 1 heteroatoms. The summed E-state index contributed by atoms with van der Waals surface area (Å²) >= 11 is 0. The summed E-state index contributed by atoms with van der Waals surface area (Å²) in [5, 5.41) is 0. The van der Waals surface area contributed by atoms with E-state index >= 15 is 0 Å². The van der Waals surface area contributed by atoms with Crippen molar-refractivity contribution in [3.8, 4) is 0 Å². The lowest BCUT2D eigenvalue weighted by Gasteiger charge is -2.32. The topological polar surface area (TPSA) is 0 Å². The van der Waals surface area contributed by atoms with E-state index in [4.69, 9.17) is 0 Å². The first-order valence-electron chi connectivity index (χ1n) is 15.8. The van der Waals surface area contributed by atoms with Gasteiger partial charge >= 0.3 is 0 Å². The number of hydrogen-bond acceptors (Lipinski definition) is 0. The van der Waals surface area contributed by atoms with Gasteiger partial charge in [-0.3, -0.25) is 0 Å². The molecule has 33 heavy (non-hydrogen) atoms. The van der Waals surface area contributed by atoms with Crippen LogP contribution in [0.15, 0.2) is 0 Å². The van der Waals surface area contributed by atoms with Crippen molar-refractivity contribution in [3.63, 3.8) is 0 Å². The monoisotopic (exact) mass is 467 g/mol. The van der Waals surface area contributed by atoms with Crippen LogP contribution in [0.3, 0.4) is 0 Å². The van der Waals surface area contributed by atoms with E-state index in [9.17, 15) is 0 Å². The Hall–Kier alpha value is -0.0400. The highest BCUT2D eigenvalue weighted by molar-refractivity contribution is 4.55. The van der Waals surface area contributed by atoms with Gasteiger partial charge in [0.2, 0.25) is 0 Å². The van der Waals surface area contributed by atoms with Crippen molar-refractivity contribution in [3.05, 3.63) is 0 Å². The number of nitrogens with zero attached hydrogens (tertiary/aromatic N) is 1. The molecule has 0 saturated heterocycles. The molecule has 1 atom stereocenters. The van der Waals surface area contributed by atoms with Crippen LogP contribution in [-0.2, 0) is 0 Å². The molecule has 0 aliphatic heterocycles. The van der Waals surface area contributed by atoms with Gasteiger partial charge in [0.05, 0.1) is 27.2 Å². The highest BCUT2D eigenvalue weighted by Crippen LogP contribution is 2.17. The molecule has 0 fully saturated rings. The van der Waals surface area contributed by atoms with Gasteiger partial charge in [0.15, 0.2) is 0 Å². The van der Waals surface area contributed by atoms with Gasteiger partial charge in [-0.2, -0.15) is 0 Å². The smallest absolute Gasteiger partial charge is 0.0808 e. The van der Waals surface area contributed by atoms with E-state index < -0.39 is 0 Å². The molecule has 200 valence electrons. The van der Waals surface area contributed by atoms with Crippen LogP contribution in [0.5, 0.6) is 0 Å². The minimum Gasteiger partial charge on any atom is -0.328 e. The molecule has 0 heterocycles. The molecule has 1 nitrogen and oxygen atoms in total. The van der Waals surface area contributed by atoms with Gasteiger partial charge in [0, 0.05) is 5.92 Å². The van der Waals surface area contributed by atoms with Crippen molar-refractivity contribution in [2.75, 3.05) is 27.2 Å². The summed E-state index contributed by atoms with van der Waals surface area (Å²) in [5.74, 6) is 0.885. The molecule has 1 unspecified atom stereocenters. The lowest BCUT2D eigenvalue weighted by atomic mass is 10.00. The molecule has 0 N–H and O–H groups in total. The Morgan fingerprint density at radius 2 is 0.727 bits per heavy atom. The molecule has 0 bridgehead atoms. The fourth-order valence-electron chi connectivity index (χ4n) is 5.56. The highest BCUT2D eigenvalue weighted by atomic mass is 15.3. The van der Waals surface area contributed by atoms with Crippen molar-refractivity contribution in [1.82, 2.24) is 0 Å².